The van der Waals surface area contributed by atoms with Crippen molar-refractivity contribution < 1.29 is 29.0 Å². The van der Waals surface area contributed by atoms with E-state index < -0.39 is 24.2 Å². The molecular weight excluding hydrogens is 370 g/mol. The summed E-state index contributed by atoms with van der Waals surface area (Å²) in [5.41, 5.74) is 5.65. The lowest BCUT2D eigenvalue weighted by molar-refractivity contribution is -0.164. The first-order chi connectivity index (χ1) is 12.5. The summed E-state index contributed by atoms with van der Waals surface area (Å²) in [7, 11) is 0. The highest BCUT2D eigenvalue weighted by atomic mass is 32.2. The van der Waals surface area contributed by atoms with Crippen LogP contribution in [0.1, 0.15) is 0 Å². The monoisotopic (exact) mass is 383 g/mol. The topological polar surface area (TPSA) is 175 Å². The maximum atomic E-state index is 12.2. The second-order valence-electron chi connectivity index (χ2n) is 5.68. The molecule has 26 heavy (non-hydrogen) atoms. The summed E-state index contributed by atoms with van der Waals surface area (Å²) in [6.45, 7) is -0.0225. The van der Waals surface area contributed by atoms with Gasteiger partial charge < -0.3 is 20.3 Å². The minimum atomic E-state index is -1.52. The van der Waals surface area contributed by atoms with Gasteiger partial charge in [-0.2, -0.15) is 0 Å². The number of amides is 2. The lowest BCUT2D eigenvalue weighted by atomic mass is 9.91. The largest absolute Gasteiger partial charge is 0.512 e. The zero-order valence-corrected chi connectivity index (χ0v) is 13.9. The van der Waals surface area contributed by atoms with Crippen LogP contribution in [-0.2, 0) is 25.6 Å². The molecule has 14 heteroatoms. The molecule has 0 aromatic carbocycles. The molecule has 3 aliphatic rings. The maximum absolute atomic E-state index is 12.2. The van der Waals surface area contributed by atoms with Crippen LogP contribution >= 0.6 is 11.8 Å². The molecule has 3 atom stereocenters. The van der Waals surface area contributed by atoms with Gasteiger partial charge in [0, 0.05) is 11.3 Å². The summed E-state index contributed by atoms with van der Waals surface area (Å²) in [5, 5.41) is 23.2. The first-order valence-corrected chi connectivity index (χ1v) is 8.45. The molecule has 1 unspecified atom stereocenters. The number of carboxylic acid groups (broad SMARTS) is 1. The average Bonchev–Trinajstić information content (AvgIpc) is 3.12. The van der Waals surface area contributed by atoms with Crippen molar-refractivity contribution in [2.75, 3.05) is 12.5 Å². The van der Waals surface area contributed by atoms with E-state index in [-0.39, 0.29) is 36.9 Å². The van der Waals surface area contributed by atoms with Crippen molar-refractivity contribution in [3.05, 3.63) is 11.5 Å². The molecule has 1 aromatic rings. The van der Waals surface area contributed by atoms with Crippen LogP contribution in [0.4, 0.5) is 4.79 Å². The molecule has 2 saturated heterocycles. The van der Waals surface area contributed by atoms with Crippen molar-refractivity contribution in [3.63, 3.8) is 0 Å². The molecule has 4 N–H and O–H groups in total. The van der Waals surface area contributed by atoms with Crippen LogP contribution in [0.15, 0.2) is 16.6 Å². The average molecular weight is 383 g/mol. The highest BCUT2D eigenvalue weighted by molar-refractivity contribution is 7.99. The van der Waals surface area contributed by atoms with Crippen molar-refractivity contribution in [2.45, 2.75) is 29.9 Å². The number of hydrogen-bond acceptors (Lipinski definition) is 10. The summed E-state index contributed by atoms with van der Waals surface area (Å²) in [5.74, 6) is -0.704. The van der Waals surface area contributed by atoms with Crippen molar-refractivity contribution in [2.24, 2.45) is 5.73 Å². The Morgan fingerprint density at radius 3 is 3.04 bits per heavy atom. The van der Waals surface area contributed by atoms with E-state index >= 15 is 0 Å². The summed E-state index contributed by atoms with van der Waals surface area (Å²) in [6, 6.07) is -0.772. The number of hydrogen-bond donors (Lipinski definition) is 3. The number of aromatic nitrogens is 4. The summed E-state index contributed by atoms with van der Waals surface area (Å²) < 4.78 is 11.7. The normalized spacial score (nSPS) is 26.5. The van der Waals surface area contributed by atoms with Crippen LogP contribution in [-0.4, -0.2) is 78.9 Å². The number of carbonyl (C=O) groups is 3. The molecule has 1 aromatic heterocycles. The minimum absolute atomic E-state index is 0.0427. The second-order valence-corrected chi connectivity index (χ2v) is 6.63. The fourth-order valence-corrected chi connectivity index (χ4v) is 4.12. The lowest BCUT2D eigenvalue weighted by Gasteiger charge is -2.47. The minimum Gasteiger partial charge on any atom is -0.449 e. The van der Waals surface area contributed by atoms with Gasteiger partial charge in [-0.3, -0.25) is 19.8 Å². The van der Waals surface area contributed by atoms with E-state index in [1.54, 1.807) is 0 Å². The fraction of sp³-hybridized carbons (Fsp3) is 0.500. The molecule has 13 nitrogen and oxygen atoms in total. The van der Waals surface area contributed by atoms with Crippen molar-refractivity contribution in [3.8, 4) is 0 Å². The molecule has 4 heterocycles. The Hall–Kier alpha value is -2.71. The quantitative estimate of drug-likeness (QED) is 0.273. The van der Waals surface area contributed by atoms with Crippen LogP contribution in [0.3, 0.4) is 0 Å². The molecule has 2 amide bonds. The molecular formula is C12H13N7O6S. The van der Waals surface area contributed by atoms with Gasteiger partial charge in [0.2, 0.25) is 22.9 Å². The second kappa shape index (κ2) is 6.22. The number of β-lactam (4-membered cyclic amide) rings is 1. The maximum Gasteiger partial charge on any atom is 0.512 e. The predicted octanol–water partition coefficient (Wildman–Crippen LogP) is -2.30. The van der Waals surface area contributed by atoms with Crippen LogP contribution in [0.2, 0.25) is 0 Å². The Balaban J connectivity index is 1.58. The van der Waals surface area contributed by atoms with Gasteiger partial charge in [-0.25, -0.2) is 9.48 Å². The number of primary amides is 1. The number of thioether (sulfide) groups is 1. The van der Waals surface area contributed by atoms with Crippen molar-refractivity contribution >= 4 is 29.7 Å². The number of nitrogens with one attached hydrogen (secondary N) is 1. The van der Waals surface area contributed by atoms with Gasteiger partial charge in [0.25, 0.3) is 0 Å². The van der Waals surface area contributed by atoms with E-state index in [2.05, 4.69) is 20.8 Å². The zero-order chi connectivity index (χ0) is 18.4. The van der Waals surface area contributed by atoms with Crippen molar-refractivity contribution in [1.82, 2.24) is 30.4 Å². The van der Waals surface area contributed by atoms with Crippen LogP contribution in [0.25, 0.3) is 0 Å². The lowest BCUT2D eigenvalue weighted by Crippen LogP contribution is -2.73. The Labute approximate surface area is 149 Å². The molecule has 2 fully saturated rings. The van der Waals surface area contributed by atoms with E-state index in [9.17, 15) is 14.4 Å². The SMILES string of the molecule is NC(=O)Cn1nnnc1SCC1=C(OC(=O)O)N2C(=O)[C@H]3NCOC1[C@H]32. The van der Waals surface area contributed by atoms with Gasteiger partial charge in [0.15, 0.2) is 0 Å². The Bertz CT molecular complexity index is 825. The van der Waals surface area contributed by atoms with E-state index in [4.69, 9.17) is 20.3 Å². The highest BCUT2D eigenvalue weighted by Gasteiger charge is 2.62. The smallest absolute Gasteiger partial charge is 0.449 e. The Kier molecular flexibility index (Phi) is 4.01. The fourth-order valence-electron chi connectivity index (χ4n) is 3.20. The summed E-state index contributed by atoms with van der Waals surface area (Å²) in [6.07, 6.45) is -2.01. The molecule has 4 rings (SSSR count). The first-order valence-electron chi connectivity index (χ1n) is 7.46. The van der Waals surface area contributed by atoms with Gasteiger partial charge in [-0.15, -0.1) is 5.10 Å². The van der Waals surface area contributed by atoms with E-state index in [0.717, 1.165) is 11.8 Å². The summed E-state index contributed by atoms with van der Waals surface area (Å²) in [4.78, 5) is 35.6. The number of rotatable bonds is 6. The first kappa shape index (κ1) is 16.7. The number of nitrogens with zero attached hydrogens (tertiary/aromatic N) is 5. The molecule has 0 bridgehead atoms. The number of carbonyl (C=O) groups excluding carboxylic acids is 2. The third-order valence-corrected chi connectivity index (χ3v) is 5.21. The number of tetrazole rings is 1. The Morgan fingerprint density at radius 1 is 1.50 bits per heavy atom. The van der Waals surface area contributed by atoms with Gasteiger partial charge in [-0.05, 0) is 10.4 Å². The predicted molar refractivity (Wildman–Crippen MR) is 81.2 cm³/mol. The van der Waals surface area contributed by atoms with E-state index in [0.29, 0.717) is 10.7 Å². The highest BCUT2D eigenvalue weighted by Crippen LogP contribution is 2.43. The van der Waals surface area contributed by atoms with Crippen LogP contribution in [0, 0.1) is 0 Å². The van der Waals surface area contributed by atoms with Gasteiger partial charge in [-0.1, -0.05) is 11.8 Å². The van der Waals surface area contributed by atoms with Gasteiger partial charge in [0.05, 0.1) is 12.8 Å². The van der Waals surface area contributed by atoms with E-state index in [1.807, 2.05) is 0 Å². The van der Waals surface area contributed by atoms with Crippen LogP contribution in [0.5, 0.6) is 0 Å². The molecule has 0 aliphatic carbocycles. The molecule has 0 spiro atoms. The van der Waals surface area contributed by atoms with Crippen LogP contribution < -0.4 is 11.1 Å². The molecule has 0 radical (unpaired) electrons. The van der Waals surface area contributed by atoms with Gasteiger partial charge in [0.1, 0.15) is 18.7 Å². The zero-order valence-electron chi connectivity index (χ0n) is 13.1. The van der Waals surface area contributed by atoms with Gasteiger partial charge >= 0.3 is 6.16 Å². The molecule has 3 aliphatic heterocycles. The van der Waals surface area contributed by atoms with Crippen molar-refractivity contribution in [1.29, 1.82) is 0 Å². The third-order valence-electron chi connectivity index (χ3n) is 4.20. The summed E-state index contributed by atoms with van der Waals surface area (Å²) >= 11 is 1.15. The number of nitrogens with two attached hydrogens (primary N) is 1. The van der Waals surface area contributed by atoms with E-state index in [1.165, 1.54) is 9.58 Å². The molecule has 138 valence electrons. The molecule has 0 saturated carbocycles. The Morgan fingerprint density at radius 2 is 2.31 bits per heavy atom. The third kappa shape index (κ3) is 2.58. The number of ether oxygens (including phenoxy) is 2. The standard InChI is InChI=1S/C12H13N7O6S/c13-5(20)1-18-11(15-16-17-18)26-2-4-8-7-6(14-3-24-8)9(21)19(7)10(4)25-12(22)23/h6-8,14H,1-3H2,(H2,13,20)(H,22,23)/t6-,7-,8?/m0/s1.